The highest BCUT2D eigenvalue weighted by molar-refractivity contribution is 9.09. The van der Waals surface area contributed by atoms with Crippen molar-refractivity contribution in [1.29, 1.82) is 0 Å². The summed E-state index contributed by atoms with van der Waals surface area (Å²) in [4.78, 5) is -0.479. The zero-order chi connectivity index (χ0) is 14.2. The Morgan fingerprint density at radius 1 is 0.947 bits per heavy atom. The fourth-order valence-corrected chi connectivity index (χ4v) is 3.01. The van der Waals surface area contributed by atoms with Crippen molar-refractivity contribution in [3.63, 3.8) is 0 Å². The lowest BCUT2D eigenvalue weighted by Crippen LogP contribution is -2.04. The van der Waals surface area contributed by atoms with Gasteiger partial charge in [-0.15, -0.1) is 0 Å². The van der Waals surface area contributed by atoms with E-state index in [9.17, 15) is 8.78 Å². The van der Waals surface area contributed by atoms with Crippen molar-refractivity contribution in [2.45, 2.75) is 25.6 Å². The number of benzene rings is 2. The summed E-state index contributed by atoms with van der Waals surface area (Å²) in [6.45, 7) is 5.54. The Hall–Kier alpha value is -1.22. The Bertz CT molecular complexity index is 620. The predicted molar refractivity (Wildman–Crippen MR) is 77.8 cm³/mol. The Kier molecular flexibility index (Phi) is 4.04. The molecule has 0 fully saturated rings. The Balaban J connectivity index is 2.59. The maximum absolute atomic E-state index is 14.2. The molecule has 0 radical (unpaired) electrons. The number of aryl methyl sites for hydroxylation is 3. The van der Waals surface area contributed by atoms with E-state index in [4.69, 9.17) is 0 Å². The van der Waals surface area contributed by atoms with Crippen LogP contribution >= 0.6 is 15.9 Å². The first-order valence-electron chi connectivity index (χ1n) is 6.07. The molecule has 0 amide bonds. The minimum atomic E-state index is -0.522. The minimum Gasteiger partial charge on any atom is -0.207 e. The first-order valence-corrected chi connectivity index (χ1v) is 6.99. The predicted octanol–water partition coefficient (Wildman–Crippen LogP) is 5.37. The highest BCUT2D eigenvalue weighted by atomic mass is 79.9. The van der Waals surface area contributed by atoms with Crippen LogP contribution in [0.2, 0.25) is 0 Å². The van der Waals surface area contributed by atoms with Gasteiger partial charge in [-0.05, 0) is 43.5 Å². The second kappa shape index (κ2) is 5.41. The number of hydrogen-bond donors (Lipinski definition) is 0. The second-order valence-electron chi connectivity index (χ2n) is 4.81. The van der Waals surface area contributed by atoms with Crippen molar-refractivity contribution in [3.05, 3.63) is 69.8 Å². The zero-order valence-corrected chi connectivity index (χ0v) is 12.7. The lowest BCUT2D eigenvalue weighted by atomic mass is 9.96. The van der Waals surface area contributed by atoms with E-state index in [0.29, 0.717) is 5.56 Å². The lowest BCUT2D eigenvalue weighted by molar-refractivity contribution is 0.555. The quantitative estimate of drug-likeness (QED) is 0.651. The number of alkyl halides is 1. The largest absolute Gasteiger partial charge is 0.207 e. The summed E-state index contributed by atoms with van der Waals surface area (Å²) in [5.41, 5.74) is 3.49. The average Bonchev–Trinajstić information content (AvgIpc) is 2.37. The van der Waals surface area contributed by atoms with Gasteiger partial charge in [0.25, 0.3) is 0 Å². The molecule has 2 aromatic carbocycles. The summed E-state index contributed by atoms with van der Waals surface area (Å²) in [7, 11) is 0. The molecule has 0 aliphatic rings. The van der Waals surface area contributed by atoms with E-state index < -0.39 is 16.5 Å². The normalized spacial score (nSPS) is 12.5. The van der Waals surface area contributed by atoms with Gasteiger partial charge in [-0.1, -0.05) is 45.8 Å². The highest BCUT2D eigenvalue weighted by Crippen LogP contribution is 2.37. The third-order valence-corrected chi connectivity index (χ3v) is 4.23. The number of halogens is 3. The summed E-state index contributed by atoms with van der Waals surface area (Å²) in [6, 6.07) is 8.67. The van der Waals surface area contributed by atoms with Crippen molar-refractivity contribution in [1.82, 2.24) is 0 Å². The van der Waals surface area contributed by atoms with Crippen LogP contribution in [0.25, 0.3) is 0 Å². The molecule has 0 aliphatic heterocycles. The smallest absolute Gasteiger partial charge is 0.133 e. The van der Waals surface area contributed by atoms with Gasteiger partial charge in [-0.25, -0.2) is 8.78 Å². The summed E-state index contributed by atoms with van der Waals surface area (Å²) in [6.07, 6.45) is 0. The van der Waals surface area contributed by atoms with Gasteiger partial charge in [-0.3, -0.25) is 0 Å². The molecule has 0 heterocycles. The Morgan fingerprint density at radius 3 is 2.26 bits per heavy atom. The fourth-order valence-electron chi connectivity index (χ4n) is 2.10. The van der Waals surface area contributed by atoms with Crippen molar-refractivity contribution in [3.8, 4) is 0 Å². The van der Waals surface area contributed by atoms with Gasteiger partial charge < -0.3 is 0 Å². The van der Waals surface area contributed by atoms with Crippen LogP contribution in [0.15, 0.2) is 30.3 Å². The van der Waals surface area contributed by atoms with Gasteiger partial charge in [0.15, 0.2) is 0 Å². The molecule has 1 atom stereocenters. The van der Waals surface area contributed by atoms with Gasteiger partial charge in [0.2, 0.25) is 0 Å². The van der Waals surface area contributed by atoms with E-state index in [2.05, 4.69) is 15.9 Å². The summed E-state index contributed by atoms with van der Waals surface area (Å²) in [5, 5.41) is 0. The van der Waals surface area contributed by atoms with Gasteiger partial charge in [0.05, 0.1) is 4.83 Å². The first-order chi connectivity index (χ1) is 8.91. The molecule has 0 saturated carbocycles. The molecule has 2 rings (SSSR count). The van der Waals surface area contributed by atoms with E-state index in [1.54, 1.807) is 6.92 Å². The molecule has 0 bridgehead atoms. The van der Waals surface area contributed by atoms with Crippen LogP contribution in [0.4, 0.5) is 8.78 Å². The molecule has 0 spiro atoms. The molecule has 0 saturated heterocycles. The monoisotopic (exact) mass is 324 g/mol. The third-order valence-electron chi connectivity index (χ3n) is 3.28. The zero-order valence-electron chi connectivity index (χ0n) is 11.1. The Labute approximate surface area is 120 Å². The van der Waals surface area contributed by atoms with E-state index in [1.165, 1.54) is 12.1 Å². The summed E-state index contributed by atoms with van der Waals surface area (Å²) >= 11 is 3.43. The SMILES string of the molecule is Cc1ccc(C)c(C(Br)c2c(F)ccc(C)c2F)c1. The van der Waals surface area contributed by atoms with Gasteiger partial charge in [-0.2, -0.15) is 0 Å². The summed E-state index contributed by atoms with van der Waals surface area (Å²) in [5.74, 6) is -1.01. The molecule has 0 N–H and O–H groups in total. The van der Waals surface area contributed by atoms with E-state index in [-0.39, 0.29) is 5.56 Å². The fraction of sp³-hybridized carbons (Fsp3) is 0.250. The van der Waals surface area contributed by atoms with Crippen LogP contribution in [-0.4, -0.2) is 0 Å². The molecular formula is C16H15BrF2. The standard InChI is InChI=1S/C16H15BrF2/c1-9-4-5-10(2)12(8-9)15(17)14-13(18)7-6-11(3)16(14)19/h4-8,15H,1-3H3. The van der Waals surface area contributed by atoms with Gasteiger partial charge in [0, 0.05) is 5.56 Å². The molecular weight excluding hydrogens is 310 g/mol. The maximum Gasteiger partial charge on any atom is 0.133 e. The van der Waals surface area contributed by atoms with Gasteiger partial charge >= 0.3 is 0 Å². The summed E-state index contributed by atoms with van der Waals surface area (Å²) < 4.78 is 28.1. The lowest BCUT2D eigenvalue weighted by Gasteiger charge is -2.17. The van der Waals surface area contributed by atoms with Gasteiger partial charge in [0.1, 0.15) is 11.6 Å². The van der Waals surface area contributed by atoms with Crippen molar-refractivity contribution < 1.29 is 8.78 Å². The number of rotatable bonds is 2. The van der Waals surface area contributed by atoms with Crippen LogP contribution in [0.5, 0.6) is 0 Å². The average molecular weight is 325 g/mol. The van der Waals surface area contributed by atoms with Crippen molar-refractivity contribution in [2.24, 2.45) is 0 Å². The van der Waals surface area contributed by atoms with Crippen LogP contribution in [0.1, 0.15) is 32.6 Å². The Morgan fingerprint density at radius 2 is 1.58 bits per heavy atom. The number of hydrogen-bond acceptors (Lipinski definition) is 0. The second-order valence-corrected chi connectivity index (χ2v) is 5.73. The first kappa shape index (κ1) is 14.2. The van der Waals surface area contributed by atoms with Crippen molar-refractivity contribution in [2.75, 3.05) is 0 Å². The molecule has 0 aliphatic carbocycles. The highest BCUT2D eigenvalue weighted by Gasteiger charge is 2.22. The molecule has 1 unspecified atom stereocenters. The third kappa shape index (κ3) is 2.71. The molecule has 3 heteroatoms. The van der Waals surface area contributed by atoms with E-state index in [0.717, 1.165) is 16.7 Å². The van der Waals surface area contributed by atoms with Crippen LogP contribution in [-0.2, 0) is 0 Å². The molecule has 19 heavy (non-hydrogen) atoms. The topological polar surface area (TPSA) is 0 Å². The minimum absolute atomic E-state index is 0.0775. The van der Waals surface area contributed by atoms with E-state index >= 15 is 0 Å². The van der Waals surface area contributed by atoms with Crippen LogP contribution < -0.4 is 0 Å². The molecule has 0 nitrogen and oxygen atoms in total. The molecule has 0 aromatic heterocycles. The molecule has 2 aromatic rings. The van der Waals surface area contributed by atoms with Crippen LogP contribution in [0, 0.1) is 32.4 Å². The molecule has 100 valence electrons. The maximum atomic E-state index is 14.2. The van der Waals surface area contributed by atoms with Crippen LogP contribution in [0.3, 0.4) is 0 Å². The van der Waals surface area contributed by atoms with Crippen molar-refractivity contribution >= 4 is 15.9 Å². The van der Waals surface area contributed by atoms with E-state index in [1.807, 2.05) is 32.0 Å².